The lowest BCUT2D eigenvalue weighted by Crippen LogP contribution is -2.21. The van der Waals surface area contributed by atoms with E-state index in [1.54, 1.807) is 30.3 Å². The molecular formula is C14H18N2O. The van der Waals surface area contributed by atoms with E-state index in [9.17, 15) is 4.79 Å². The first-order chi connectivity index (χ1) is 8.13. The zero-order valence-electron chi connectivity index (χ0n) is 10.1. The van der Waals surface area contributed by atoms with Gasteiger partial charge in [0.15, 0.2) is 0 Å². The van der Waals surface area contributed by atoms with Crippen molar-refractivity contribution in [1.82, 2.24) is 5.32 Å². The molecule has 0 atom stereocenters. The normalized spacial score (nSPS) is 9.24. The van der Waals surface area contributed by atoms with Gasteiger partial charge in [-0.2, -0.15) is 0 Å². The third-order valence-corrected chi connectivity index (χ3v) is 1.81. The predicted molar refractivity (Wildman–Crippen MR) is 73.5 cm³/mol. The number of amides is 1. The quantitative estimate of drug-likeness (QED) is 0.476. The molecule has 0 fully saturated rings. The van der Waals surface area contributed by atoms with E-state index in [0.717, 1.165) is 0 Å². The Labute approximate surface area is 102 Å². The van der Waals surface area contributed by atoms with E-state index >= 15 is 0 Å². The summed E-state index contributed by atoms with van der Waals surface area (Å²) in [7, 11) is 0. The van der Waals surface area contributed by atoms with E-state index in [1.165, 1.54) is 0 Å². The molecule has 3 nitrogen and oxygen atoms in total. The fourth-order valence-corrected chi connectivity index (χ4v) is 1.10. The third-order valence-electron chi connectivity index (χ3n) is 1.81. The first kappa shape index (κ1) is 14.7. The summed E-state index contributed by atoms with van der Waals surface area (Å²) in [6.07, 6.45) is 3.54. The Morgan fingerprint density at radius 2 is 1.82 bits per heavy atom. The van der Waals surface area contributed by atoms with Gasteiger partial charge in [-0.1, -0.05) is 12.7 Å². The SMILES string of the molecule is C=C.C=C(/C=C\C)NC(=O)c1ccc(N)cc1. The molecule has 0 aliphatic carbocycles. The van der Waals surface area contributed by atoms with Gasteiger partial charge in [0, 0.05) is 16.9 Å². The maximum absolute atomic E-state index is 11.6. The molecule has 3 heteroatoms. The van der Waals surface area contributed by atoms with Crippen LogP contribution in [0.2, 0.25) is 0 Å². The van der Waals surface area contributed by atoms with Crippen LogP contribution in [0.25, 0.3) is 0 Å². The molecule has 1 amide bonds. The van der Waals surface area contributed by atoms with Crippen LogP contribution in [0.5, 0.6) is 0 Å². The zero-order valence-corrected chi connectivity index (χ0v) is 10.1. The van der Waals surface area contributed by atoms with Gasteiger partial charge >= 0.3 is 0 Å². The fraction of sp³-hybridized carbons (Fsp3) is 0.0714. The average Bonchev–Trinajstić information content (AvgIpc) is 2.32. The second kappa shape index (κ2) is 7.93. The Bertz CT molecular complexity index is 405. The van der Waals surface area contributed by atoms with Crippen LogP contribution in [-0.4, -0.2) is 5.91 Å². The van der Waals surface area contributed by atoms with E-state index in [0.29, 0.717) is 16.9 Å². The summed E-state index contributed by atoms with van der Waals surface area (Å²) in [5, 5.41) is 2.66. The van der Waals surface area contributed by atoms with Crippen molar-refractivity contribution in [2.24, 2.45) is 0 Å². The topological polar surface area (TPSA) is 55.1 Å². The Morgan fingerprint density at radius 3 is 2.29 bits per heavy atom. The minimum absolute atomic E-state index is 0.182. The standard InChI is InChI=1S/C12H14N2O.C2H4/c1-3-4-9(2)14-12(15)10-5-7-11(13)8-6-10;1-2/h3-8H,2,13H2,1H3,(H,14,15);1-2H2/b4-3-;. The van der Waals surface area contributed by atoms with E-state index in [-0.39, 0.29) is 5.91 Å². The molecule has 3 N–H and O–H groups in total. The molecule has 17 heavy (non-hydrogen) atoms. The van der Waals surface area contributed by atoms with E-state index in [1.807, 2.05) is 13.0 Å². The van der Waals surface area contributed by atoms with Gasteiger partial charge in [0.25, 0.3) is 5.91 Å². The minimum atomic E-state index is -0.182. The Morgan fingerprint density at radius 1 is 1.29 bits per heavy atom. The molecule has 0 heterocycles. The second-order valence-corrected chi connectivity index (χ2v) is 3.10. The van der Waals surface area contributed by atoms with Gasteiger partial charge in [0.05, 0.1) is 0 Å². The minimum Gasteiger partial charge on any atom is -0.399 e. The van der Waals surface area contributed by atoms with E-state index in [2.05, 4.69) is 25.1 Å². The molecule has 0 aromatic heterocycles. The highest BCUT2D eigenvalue weighted by Gasteiger charge is 2.04. The van der Waals surface area contributed by atoms with Gasteiger partial charge in [-0.3, -0.25) is 4.79 Å². The third kappa shape index (κ3) is 5.37. The molecule has 1 aromatic rings. The molecule has 0 unspecified atom stereocenters. The van der Waals surface area contributed by atoms with Crippen molar-refractivity contribution in [2.45, 2.75) is 6.92 Å². The fourth-order valence-electron chi connectivity index (χ4n) is 1.10. The largest absolute Gasteiger partial charge is 0.399 e. The smallest absolute Gasteiger partial charge is 0.255 e. The number of hydrogen-bond acceptors (Lipinski definition) is 2. The number of nitrogens with one attached hydrogen (secondary N) is 1. The molecule has 0 saturated heterocycles. The van der Waals surface area contributed by atoms with E-state index < -0.39 is 0 Å². The molecular weight excluding hydrogens is 212 g/mol. The van der Waals surface area contributed by atoms with Gasteiger partial charge in [-0.15, -0.1) is 13.2 Å². The number of carbonyl (C=O) groups is 1. The maximum Gasteiger partial charge on any atom is 0.255 e. The summed E-state index contributed by atoms with van der Waals surface area (Å²) in [5.41, 5.74) is 7.29. The van der Waals surface area contributed by atoms with Gasteiger partial charge in [0.2, 0.25) is 0 Å². The lowest BCUT2D eigenvalue weighted by Gasteiger charge is -2.04. The molecule has 0 bridgehead atoms. The van der Waals surface area contributed by atoms with Gasteiger partial charge in [0.1, 0.15) is 0 Å². The summed E-state index contributed by atoms with van der Waals surface area (Å²) in [5.74, 6) is -0.182. The van der Waals surface area contributed by atoms with Crippen LogP contribution in [0.4, 0.5) is 5.69 Å². The summed E-state index contributed by atoms with van der Waals surface area (Å²) in [4.78, 5) is 11.6. The highest BCUT2D eigenvalue weighted by molar-refractivity contribution is 5.95. The summed E-state index contributed by atoms with van der Waals surface area (Å²) >= 11 is 0. The summed E-state index contributed by atoms with van der Waals surface area (Å²) in [6.45, 7) is 11.5. The number of benzene rings is 1. The first-order valence-electron chi connectivity index (χ1n) is 5.12. The van der Waals surface area contributed by atoms with Crippen LogP contribution in [0, 0.1) is 0 Å². The number of nitrogens with two attached hydrogens (primary N) is 1. The van der Waals surface area contributed by atoms with Crippen molar-refractivity contribution in [3.8, 4) is 0 Å². The highest BCUT2D eigenvalue weighted by Crippen LogP contribution is 2.05. The molecule has 0 aliphatic heterocycles. The van der Waals surface area contributed by atoms with Crippen LogP contribution in [0.15, 0.2) is 61.9 Å². The zero-order chi connectivity index (χ0) is 13.3. The van der Waals surface area contributed by atoms with Gasteiger partial charge in [-0.05, 0) is 37.3 Å². The van der Waals surface area contributed by atoms with Gasteiger partial charge in [-0.25, -0.2) is 0 Å². The van der Waals surface area contributed by atoms with Crippen LogP contribution >= 0.6 is 0 Å². The van der Waals surface area contributed by atoms with Crippen LogP contribution < -0.4 is 11.1 Å². The van der Waals surface area contributed by atoms with Crippen LogP contribution in [0.1, 0.15) is 17.3 Å². The monoisotopic (exact) mass is 230 g/mol. The molecule has 0 aliphatic rings. The predicted octanol–water partition coefficient (Wildman–Crippen LogP) is 2.89. The summed E-state index contributed by atoms with van der Waals surface area (Å²) < 4.78 is 0. The lowest BCUT2D eigenvalue weighted by molar-refractivity contribution is 0.0967. The first-order valence-corrected chi connectivity index (χ1v) is 5.12. The van der Waals surface area contributed by atoms with Crippen molar-refractivity contribution in [2.75, 3.05) is 5.73 Å². The Balaban J connectivity index is 0.00000121. The van der Waals surface area contributed by atoms with Crippen LogP contribution in [-0.2, 0) is 0 Å². The number of anilines is 1. The number of allylic oxidation sites excluding steroid dienone is 2. The Hall–Kier alpha value is -2.29. The maximum atomic E-state index is 11.6. The molecule has 90 valence electrons. The van der Waals surface area contributed by atoms with E-state index in [4.69, 9.17) is 5.73 Å². The second-order valence-electron chi connectivity index (χ2n) is 3.10. The Kier molecular flexibility index (Phi) is 6.86. The van der Waals surface area contributed by atoms with Gasteiger partial charge < -0.3 is 11.1 Å². The lowest BCUT2D eigenvalue weighted by atomic mass is 10.2. The van der Waals surface area contributed by atoms with Crippen molar-refractivity contribution in [3.05, 3.63) is 67.4 Å². The van der Waals surface area contributed by atoms with Crippen molar-refractivity contribution >= 4 is 11.6 Å². The molecule has 1 rings (SSSR count). The number of hydrogen-bond donors (Lipinski definition) is 2. The van der Waals surface area contributed by atoms with Crippen LogP contribution in [0.3, 0.4) is 0 Å². The van der Waals surface area contributed by atoms with Crippen molar-refractivity contribution in [3.63, 3.8) is 0 Å². The average molecular weight is 230 g/mol. The van der Waals surface area contributed by atoms with Crippen molar-refractivity contribution in [1.29, 1.82) is 0 Å². The van der Waals surface area contributed by atoms with Crippen molar-refractivity contribution < 1.29 is 4.79 Å². The number of nitrogen functional groups attached to an aromatic ring is 1. The molecule has 0 spiro atoms. The number of carbonyl (C=O) groups excluding carboxylic acids is 1. The highest BCUT2D eigenvalue weighted by atomic mass is 16.1. The summed E-state index contributed by atoms with van der Waals surface area (Å²) in [6, 6.07) is 6.72. The molecule has 1 aromatic carbocycles. The molecule has 0 radical (unpaired) electrons. The molecule has 0 saturated carbocycles. The number of rotatable bonds is 3.